The Kier molecular flexibility index (Phi) is 7.17. The number of carbonyl (C=O) groups is 1. The van der Waals surface area contributed by atoms with Gasteiger partial charge in [-0.15, -0.1) is 0 Å². The van der Waals surface area contributed by atoms with Crippen LogP contribution in [0.15, 0.2) is 60.7 Å². The highest BCUT2D eigenvalue weighted by Crippen LogP contribution is 2.28. The van der Waals surface area contributed by atoms with Gasteiger partial charge in [-0.1, -0.05) is 60.7 Å². The summed E-state index contributed by atoms with van der Waals surface area (Å²) in [5.41, 5.74) is 1.98. The number of hydrogen-bond acceptors (Lipinski definition) is 6. The molecule has 1 saturated heterocycles. The molecule has 0 saturated carbocycles. The number of ether oxygens (including phenoxy) is 4. The Balaban J connectivity index is 1.76. The maximum Gasteiger partial charge on any atom is 0.303 e. The summed E-state index contributed by atoms with van der Waals surface area (Å²) in [7, 11) is 0. The summed E-state index contributed by atoms with van der Waals surface area (Å²) in [5.74, 6) is -0.516. The molecule has 1 aliphatic rings. The van der Waals surface area contributed by atoms with E-state index in [-0.39, 0.29) is 0 Å². The van der Waals surface area contributed by atoms with Gasteiger partial charge in [0, 0.05) is 6.92 Å². The van der Waals surface area contributed by atoms with Crippen LogP contribution in [0.1, 0.15) is 25.0 Å². The second-order valence-corrected chi connectivity index (χ2v) is 6.83. The van der Waals surface area contributed by atoms with Crippen LogP contribution in [0.25, 0.3) is 0 Å². The maximum atomic E-state index is 11.6. The second-order valence-electron chi connectivity index (χ2n) is 6.83. The average Bonchev–Trinajstić information content (AvgIpc) is 2.69. The number of carbonyl (C=O) groups excluding carboxylic acids is 1. The molecule has 5 atom stereocenters. The predicted octanol–water partition coefficient (Wildman–Crippen LogP) is 2.83. The Bertz CT molecular complexity index is 735. The molecule has 2 aromatic rings. The van der Waals surface area contributed by atoms with E-state index < -0.39 is 36.7 Å². The zero-order valence-corrected chi connectivity index (χ0v) is 16.1. The summed E-state index contributed by atoms with van der Waals surface area (Å²) in [4.78, 5) is 11.6. The molecule has 2 aromatic carbocycles. The summed E-state index contributed by atoms with van der Waals surface area (Å²) in [6, 6.07) is 19.4. The monoisotopic (exact) mass is 386 g/mol. The molecule has 1 fully saturated rings. The van der Waals surface area contributed by atoms with Gasteiger partial charge in [-0.3, -0.25) is 4.79 Å². The SMILES string of the molecule is CC(=O)OC1[C@H](O)OC(C)[C@H](OCc2ccccc2)[C@@H]1OCc1ccccc1. The van der Waals surface area contributed by atoms with Crippen LogP contribution < -0.4 is 0 Å². The van der Waals surface area contributed by atoms with Crippen LogP contribution in [-0.4, -0.2) is 41.8 Å². The van der Waals surface area contributed by atoms with Crippen molar-refractivity contribution in [2.45, 2.75) is 57.8 Å². The third kappa shape index (κ3) is 5.39. The molecule has 0 radical (unpaired) electrons. The van der Waals surface area contributed by atoms with E-state index >= 15 is 0 Å². The molecule has 3 rings (SSSR count). The minimum Gasteiger partial charge on any atom is -0.454 e. The van der Waals surface area contributed by atoms with E-state index in [0.29, 0.717) is 13.2 Å². The number of hydrogen-bond donors (Lipinski definition) is 1. The third-order valence-corrected chi connectivity index (χ3v) is 4.62. The Morgan fingerprint density at radius 1 is 0.893 bits per heavy atom. The van der Waals surface area contributed by atoms with E-state index in [1.54, 1.807) is 0 Å². The quantitative estimate of drug-likeness (QED) is 0.738. The van der Waals surface area contributed by atoms with Gasteiger partial charge in [-0.2, -0.15) is 0 Å². The number of aliphatic hydroxyl groups excluding tert-OH is 1. The summed E-state index contributed by atoms with van der Waals surface area (Å²) >= 11 is 0. The summed E-state index contributed by atoms with van der Waals surface area (Å²) in [5, 5.41) is 10.3. The van der Waals surface area contributed by atoms with Crippen molar-refractivity contribution in [1.29, 1.82) is 0 Å². The molecular formula is C22H26O6. The highest BCUT2D eigenvalue weighted by molar-refractivity contribution is 5.66. The summed E-state index contributed by atoms with van der Waals surface area (Å²) < 4.78 is 23.0. The van der Waals surface area contributed by atoms with Crippen molar-refractivity contribution in [3.05, 3.63) is 71.8 Å². The molecule has 28 heavy (non-hydrogen) atoms. The molecule has 1 N–H and O–H groups in total. The lowest BCUT2D eigenvalue weighted by molar-refractivity contribution is -0.300. The fourth-order valence-corrected chi connectivity index (χ4v) is 3.26. The smallest absolute Gasteiger partial charge is 0.303 e. The van der Waals surface area contributed by atoms with Crippen molar-refractivity contribution in [1.82, 2.24) is 0 Å². The van der Waals surface area contributed by atoms with Crippen molar-refractivity contribution in [3.8, 4) is 0 Å². The van der Waals surface area contributed by atoms with Gasteiger partial charge in [0.05, 0.1) is 19.3 Å². The van der Waals surface area contributed by atoms with Crippen molar-refractivity contribution in [2.24, 2.45) is 0 Å². The molecule has 0 amide bonds. The van der Waals surface area contributed by atoms with Gasteiger partial charge < -0.3 is 24.1 Å². The first-order valence-corrected chi connectivity index (χ1v) is 9.36. The second kappa shape index (κ2) is 9.80. The lowest BCUT2D eigenvalue weighted by Crippen LogP contribution is -2.59. The van der Waals surface area contributed by atoms with Crippen molar-refractivity contribution < 1.29 is 28.8 Å². The van der Waals surface area contributed by atoms with Gasteiger partial charge in [0.2, 0.25) is 0 Å². The third-order valence-electron chi connectivity index (χ3n) is 4.62. The normalized spacial score (nSPS) is 27.3. The summed E-state index contributed by atoms with van der Waals surface area (Å²) in [6.07, 6.45) is -3.89. The largest absolute Gasteiger partial charge is 0.454 e. The van der Waals surface area contributed by atoms with Gasteiger partial charge >= 0.3 is 5.97 Å². The standard InChI is InChI=1S/C22H26O6/c1-15-19(25-13-17-9-5-3-6-10-17)20(21(22(24)27-15)28-16(2)23)26-14-18-11-7-4-8-12-18/h3-12,15,19-22,24H,13-14H2,1-2H3/t15?,19-,20-,21?,22+/m0/s1. The highest BCUT2D eigenvalue weighted by Gasteiger charge is 2.47. The maximum absolute atomic E-state index is 11.6. The van der Waals surface area contributed by atoms with E-state index in [0.717, 1.165) is 11.1 Å². The minimum absolute atomic E-state index is 0.300. The highest BCUT2D eigenvalue weighted by atomic mass is 16.7. The van der Waals surface area contributed by atoms with Gasteiger partial charge in [0.15, 0.2) is 12.4 Å². The molecule has 6 heteroatoms. The lowest BCUT2D eigenvalue weighted by atomic mass is 9.98. The molecular weight excluding hydrogens is 360 g/mol. The molecule has 0 spiro atoms. The van der Waals surface area contributed by atoms with Crippen LogP contribution in [0.5, 0.6) is 0 Å². The number of benzene rings is 2. The molecule has 6 nitrogen and oxygen atoms in total. The molecule has 0 aliphatic carbocycles. The predicted molar refractivity (Wildman–Crippen MR) is 102 cm³/mol. The molecule has 150 valence electrons. The first-order valence-electron chi connectivity index (χ1n) is 9.36. The zero-order chi connectivity index (χ0) is 19.9. The van der Waals surface area contributed by atoms with Gasteiger partial charge in [-0.05, 0) is 18.1 Å². The summed E-state index contributed by atoms with van der Waals surface area (Å²) in [6.45, 7) is 3.75. The topological polar surface area (TPSA) is 74.2 Å². The average molecular weight is 386 g/mol. The first kappa shape index (κ1) is 20.5. The molecule has 0 aromatic heterocycles. The van der Waals surface area contributed by atoms with Crippen LogP contribution in [0.2, 0.25) is 0 Å². The van der Waals surface area contributed by atoms with Crippen LogP contribution in [0.3, 0.4) is 0 Å². The Morgan fingerprint density at radius 3 is 1.89 bits per heavy atom. The van der Waals surface area contributed by atoms with E-state index in [1.807, 2.05) is 67.6 Å². The van der Waals surface area contributed by atoms with Gasteiger partial charge in [0.25, 0.3) is 0 Å². The molecule has 1 aliphatic heterocycles. The van der Waals surface area contributed by atoms with Crippen molar-refractivity contribution in [2.75, 3.05) is 0 Å². The minimum atomic E-state index is -1.28. The Labute approximate surface area is 165 Å². The van der Waals surface area contributed by atoms with E-state index in [4.69, 9.17) is 18.9 Å². The van der Waals surface area contributed by atoms with Crippen LogP contribution in [-0.2, 0) is 37.0 Å². The van der Waals surface area contributed by atoms with Gasteiger partial charge in [0.1, 0.15) is 12.2 Å². The Hall–Kier alpha value is -2.25. The molecule has 1 heterocycles. The number of aliphatic hydroxyl groups is 1. The number of esters is 1. The van der Waals surface area contributed by atoms with E-state index in [9.17, 15) is 9.90 Å². The Morgan fingerprint density at radius 2 is 1.39 bits per heavy atom. The van der Waals surface area contributed by atoms with Crippen LogP contribution in [0, 0.1) is 0 Å². The molecule has 0 bridgehead atoms. The number of rotatable bonds is 7. The lowest BCUT2D eigenvalue weighted by Gasteiger charge is -2.43. The van der Waals surface area contributed by atoms with E-state index in [1.165, 1.54) is 6.92 Å². The zero-order valence-electron chi connectivity index (χ0n) is 16.1. The fraction of sp³-hybridized carbons (Fsp3) is 0.409. The van der Waals surface area contributed by atoms with Crippen LogP contribution >= 0.6 is 0 Å². The van der Waals surface area contributed by atoms with Crippen molar-refractivity contribution in [3.63, 3.8) is 0 Å². The van der Waals surface area contributed by atoms with Crippen LogP contribution in [0.4, 0.5) is 0 Å². The van der Waals surface area contributed by atoms with E-state index in [2.05, 4.69) is 0 Å². The fourth-order valence-electron chi connectivity index (χ4n) is 3.26. The first-order chi connectivity index (χ1) is 13.5. The molecule has 2 unspecified atom stereocenters. The van der Waals surface area contributed by atoms with Crippen molar-refractivity contribution >= 4 is 5.97 Å². The van der Waals surface area contributed by atoms with Gasteiger partial charge in [-0.25, -0.2) is 0 Å².